The van der Waals surface area contributed by atoms with Gasteiger partial charge in [-0.15, -0.1) is 0 Å². The van der Waals surface area contributed by atoms with E-state index in [0.29, 0.717) is 17.9 Å². The number of hydrogen-bond acceptors (Lipinski definition) is 1. The van der Waals surface area contributed by atoms with E-state index in [9.17, 15) is 4.39 Å². The van der Waals surface area contributed by atoms with Gasteiger partial charge in [0.15, 0.2) is 0 Å². The lowest BCUT2D eigenvalue weighted by atomic mass is 9.88. The van der Waals surface area contributed by atoms with Crippen molar-refractivity contribution in [3.05, 3.63) is 35.1 Å². The molecule has 16 heavy (non-hydrogen) atoms. The van der Waals surface area contributed by atoms with Crippen LogP contribution in [-0.4, -0.2) is 13.1 Å². The van der Waals surface area contributed by atoms with E-state index in [1.807, 2.05) is 26.1 Å². The van der Waals surface area contributed by atoms with Crippen molar-refractivity contribution in [1.82, 2.24) is 5.32 Å². The number of rotatable bonds is 2. The molecule has 0 heterocycles. The molecule has 0 aliphatic heterocycles. The summed E-state index contributed by atoms with van der Waals surface area (Å²) in [6.07, 6.45) is 2.43. The molecule has 2 heteroatoms. The molecular formula is C14H20FN. The first-order valence-corrected chi connectivity index (χ1v) is 6.06. The smallest absolute Gasteiger partial charge is 0.126 e. The Balaban J connectivity index is 2.22. The number of benzene rings is 1. The third-order valence-corrected chi connectivity index (χ3v) is 4.04. The first-order valence-electron chi connectivity index (χ1n) is 6.06. The van der Waals surface area contributed by atoms with Crippen molar-refractivity contribution < 1.29 is 4.39 Å². The van der Waals surface area contributed by atoms with Crippen LogP contribution in [0.15, 0.2) is 18.2 Å². The van der Waals surface area contributed by atoms with Crippen LogP contribution < -0.4 is 5.32 Å². The number of nitrogens with one attached hydrogen (secondary N) is 1. The zero-order chi connectivity index (χ0) is 11.7. The average molecular weight is 221 g/mol. The highest BCUT2D eigenvalue weighted by atomic mass is 19.1. The summed E-state index contributed by atoms with van der Waals surface area (Å²) < 4.78 is 13.2. The van der Waals surface area contributed by atoms with Crippen molar-refractivity contribution >= 4 is 0 Å². The van der Waals surface area contributed by atoms with Crippen molar-refractivity contribution in [3.63, 3.8) is 0 Å². The molecule has 0 bridgehead atoms. The summed E-state index contributed by atoms with van der Waals surface area (Å²) in [7, 11) is 2.03. The lowest BCUT2D eigenvalue weighted by Crippen LogP contribution is -2.28. The van der Waals surface area contributed by atoms with Crippen LogP contribution in [0.4, 0.5) is 4.39 Å². The van der Waals surface area contributed by atoms with Gasteiger partial charge in [0, 0.05) is 6.04 Å². The molecule has 3 unspecified atom stereocenters. The molecule has 1 fully saturated rings. The predicted molar refractivity (Wildman–Crippen MR) is 65.1 cm³/mol. The van der Waals surface area contributed by atoms with Gasteiger partial charge in [-0.25, -0.2) is 4.39 Å². The van der Waals surface area contributed by atoms with E-state index in [4.69, 9.17) is 0 Å². The lowest BCUT2D eigenvalue weighted by molar-refractivity contribution is 0.428. The Morgan fingerprint density at radius 1 is 1.31 bits per heavy atom. The molecule has 2 rings (SSSR count). The third kappa shape index (κ3) is 1.99. The minimum Gasteiger partial charge on any atom is -0.317 e. The van der Waals surface area contributed by atoms with E-state index in [1.165, 1.54) is 18.4 Å². The molecule has 3 atom stereocenters. The number of halogens is 1. The molecule has 1 aliphatic carbocycles. The van der Waals surface area contributed by atoms with Crippen molar-refractivity contribution in [2.24, 2.45) is 5.92 Å². The lowest BCUT2D eigenvalue weighted by Gasteiger charge is -2.21. The summed E-state index contributed by atoms with van der Waals surface area (Å²) in [5, 5.41) is 3.37. The fourth-order valence-corrected chi connectivity index (χ4v) is 2.94. The van der Waals surface area contributed by atoms with Crippen molar-refractivity contribution in [1.29, 1.82) is 0 Å². The van der Waals surface area contributed by atoms with E-state index in [2.05, 4.69) is 12.2 Å². The zero-order valence-electron chi connectivity index (χ0n) is 10.3. The predicted octanol–water partition coefficient (Wildman–Crippen LogP) is 3.24. The molecule has 1 aromatic rings. The van der Waals surface area contributed by atoms with Crippen LogP contribution in [0.1, 0.15) is 36.8 Å². The standard InChI is InChI=1S/C14H20FN/c1-9-8-11(4-6-13(9)15)12-5-7-14(16-3)10(12)2/h4,6,8,10,12,14,16H,5,7H2,1-3H3. The van der Waals surface area contributed by atoms with Gasteiger partial charge in [-0.05, 0) is 55.8 Å². The zero-order valence-corrected chi connectivity index (χ0v) is 10.3. The van der Waals surface area contributed by atoms with E-state index < -0.39 is 0 Å². The summed E-state index contributed by atoms with van der Waals surface area (Å²) in [6.45, 7) is 4.13. The topological polar surface area (TPSA) is 12.0 Å². The maximum atomic E-state index is 13.2. The maximum absolute atomic E-state index is 13.2. The molecule has 0 aromatic heterocycles. The van der Waals surface area contributed by atoms with Gasteiger partial charge in [-0.1, -0.05) is 19.1 Å². The fourth-order valence-electron chi connectivity index (χ4n) is 2.94. The van der Waals surface area contributed by atoms with Gasteiger partial charge in [0.25, 0.3) is 0 Å². The molecule has 1 aliphatic rings. The highest BCUT2D eigenvalue weighted by Gasteiger charge is 2.32. The van der Waals surface area contributed by atoms with Gasteiger partial charge >= 0.3 is 0 Å². The Morgan fingerprint density at radius 2 is 2.06 bits per heavy atom. The second-order valence-electron chi connectivity index (χ2n) is 4.95. The molecular weight excluding hydrogens is 201 g/mol. The fraction of sp³-hybridized carbons (Fsp3) is 0.571. The monoisotopic (exact) mass is 221 g/mol. The molecule has 0 amide bonds. The van der Waals surface area contributed by atoms with Crippen LogP contribution in [0.5, 0.6) is 0 Å². The van der Waals surface area contributed by atoms with Gasteiger partial charge < -0.3 is 5.32 Å². The highest BCUT2D eigenvalue weighted by Crippen LogP contribution is 2.39. The minimum atomic E-state index is -0.0976. The molecule has 88 valence electrons. The van der Waals surface area contributed by atoms with E-state index >= 15 is 0 Å². The maximum Gasteiger partial charge on any atom is 0.126 e. The largest absolute Gasteiger partial charge is 0.317 e. The van der Waals surface area contributed by atoms with E-state index in [0.717, 1.165) is 5.56 Å². The first-order chi connectivity index (χ1) is 7.63. The summed E-state index contributed by atoms with van der Waals surface area (Å²) in [6, 6.07) is 6.16. The second kappa shape index (κ2) is 4.54. The van der Waals surface area contributed by atoms with Gasteiger partial charge in [0.2, 0.25) is 0 Å². The van der Waals surface area contributed by atoms with Crippen LogP contribution in [0, 0.1) is 18.7 Å². The molecule has 1 N–H and O–H groups in total. The number of aryl methyl sites for hydroxylation is 1. The van der Waals surface area contributed by atoms with Crippen LogP contribution in [-0.2, 0) is 0 Å². The van der Waals surface area contributed by atoms with E-state index in [-0.39, 0.29) is 5.82 Å². The quantitative estimate of drug-likeness (QED) is 0.808. The van der Waals surface area contributed by atoms with Crippen molar-refractivity contribution in [2.75, 3.05) is 7.05 Å². The summed E-state index contributed by atoms with van der Waals surface area (Å²) in [5.41, 5.74) is 2.06. The normalized spacial score (nSPS) is 29.6. The van der Waals surface area contributed by atoms with Crippen molar-refractivity contribution in [2.45, 2.75) is 38.6 Å². The van der Waals surface area contributed by atoms with Crippen LogP contribution in [0.2, 0.25) is 0 Å². The van der Waals surface area contributed by atoms with Crippen LogP contribution in [0.3, 0.4) is 0 Å². The van der Waals surface area contributed by atoms with Gasteiger partial charge in [-0.2, -0.15) is 0 Å². The minimum absolute atomic E-state index is 0.0976. The second-order valence-corrected chi connectivity index (χ2v) is 4.95. The molecule has 0 radical (unpaired) electrons. The third-order valence-electron chi connectivity index (χ3n) is 4.04. The molecule has 0 spiro atoms. The first kappa shape index (κ1) is 11.6. The summed E-state index contributed by atoms with van der Waals surface area (Å²) in [5.74, 6) is 1.12. The molecule has 1 aromatic carbocycles. The Morgan fingerprint density at radius 3 is 2.62 bits per heavy atom. The van der Waals surface area contributed by atoms with Gasteiger partial charge in [0.1, 0.15) is 5.82 Å². The molecule has 1 saturated carbocycles. The SMILES string of the molecule is CNC1CCC(c2ccc(F)c(C)c2)C1C. The molecule has 0 saturated heterocycles. The molecule has 1 nitrogen and oxygen atoms in total. The highest BCUT2D eigenvalue weighted by molar-refractivity contribution is 5.28. The van der Waals surface area contributed by atoms with Crippen molar-refractivity contribution in [3.8, 4) is 0 Å². The van der Waals surface area contributed by atoms with Crippen LogP contribution in [0.25, 0.3) is 0 Å². The summed E-state index contributed by atoms with van der Waals surface area (Å²) >= 11 is 0. The van der Waals surface area contributed by atoms with Gasteiger partial charge in [0.05, 0.1) is 0 Å². The average Bonchev–Trinajstić information content (AvgIpc) is 2.64. The Bertz CT molecular complexity index is 375. The number of hydrogen-bond donors (Lipinski definition) is 1. The van der Waals surface area contributed by atoms with E-state index in [1.54, 1.807) is 6.07 Å². The Hall–Kier alpha value is -0.890. The van der Waals surface area contributed by atoms with Gasteiger partial charge in [-0.3, -0.25) is 0 Å². The van der Waals surface area contributed by atoms with Crippen LogP contribution >= 0.6 is 0 Å². The Kier molecular flexibility index (Phi) is 3.29. The summed E-state index contributed by atoms with van der Waals surface area (Å²) in [4.78, 5) is 0. The Labute approximate surface area is 97.1 Å².